The summed E-state index contributed by atoms with van der Waals surface area (Å²) in [6.45, 7) is 3.11. The maximum atomic E-state index is 11.0. The smallest absolute Gasteiger partial charge is 0.127 e. The molecule has 2 aliphatic heterocycles. The molecule has 0 aromatic heterocycles. The van der Waals surface area contributed by atoms with Crippen LogP contribution in [0.15, 0.2) is 83.8 Å². The van der Waals surface area contributed by atoms with Gasteiger partial charge in [-0.2, -0.15) is 0 Å². The van der Waals surface area contributed by atoms with Gasteiger partial charge in [-0.1, -0.05) is 71.4 Å². The van der Waals surface area contributed by atoms with Crippen LogP contribution in [0.1, 0.15) is 6.42 Å². The Morgan fingerprint density at radius 2 is 1.59 bits per heavy atom. The van der Waals surface area contributed by atoms with Crippen LogP contribution in [0.25, 0.3) is 21.5 Å². The quantitative estimate of drug-likeness (QED) is 0.394. The van der Waals surface area contributed by atoms with Gasteiger partial charge in [0.15, 0.2) is 0 Å². The summed E-state index contributed by atoms with van der Waals surface area (Å²) < 4.78 is 30.2. The molecule has 32 heavy (non-hydrogen) atoms. The fourth-order valence-electron chi connectivity index (χ4n) is 5.03. The molecule has 6 heteroatoms. The molecule has 4 aromatic carbocycles. The number of anilines is 1. The van der Waals surface area contributed by atoms with Gasteiger partial charge in [0, 0.05) is 30.4 Å². The second kappa shape index (κ2) is 7.67. The maximum Gasteiger partial charge on any atom is 0.127 e. The van der Waals surface area contributed by atoms with E-state index in [1.54, 1.807) is 4.31 Å². The molecule has 2 N–H and O–H groups in total. The summed E-state index contributed by atoms with van der Waals surface area (Å²) in [5, 5.41) is 4.35. The lowest BCUT2D eigenvalue weighted by atomic mass is 10.1. The first-order chi connectivity index (χ1) is 15.6. The fraction of sp³-hybridized carbons (Fsp3) is 0.231. The number of likely N-dealkylation sites (tertiary alicyclic amines) is 1. The number of fused-ring (bicyclic) bond motifs is 1. The number of benzene rings is 4. The third-order valence-electron chi connectivity index (χ3n) is 6.61. The van der Waals surface area contributed by atoms with E-state index in [9.17, 15) is 9.11 Å². The molecular formula is C26H26N2O3S. The van der Waals surface area contributed by atoms with Gasteiger partial charge in [-0.3, -0.25) is 18.3 Å². The fourth-order valence-corrected chi connectivity index (χ4v) is 6.79. The van der Waals surface area contributed by atoms with Gasteiger partial charge in [0.25, 0.3) is 0 Å². The highest BCUT2D eigenvalue weighted by Crippen LogP contribution is 2.62. The van der Waals surface area contributed by atoms with E-state index in [1.165, 1.54) is 5.39 Å². The monoisotopic (exact) mass is 446 g/mol. The van der Waals surface area contributed by atoms with Crippen LogP contribution < -0.4 is 9.04 Å². The van der Waals surface area contributed by atoms with Crippen molar-refractivity contribution in [2.75, 3.05) is 30.5 Å². The van der Waals surface area contributed by atoms with E-state index in [2.05, 4.69) is 23.1 Å². The predicted molar refractivity (Wildman–Crippen MR) is 132 cm³/mol. The van der Waals surface area contributed by atoms with Gasteiger partial charge in [0.2, 0.25) is 0 Å². The van der Waals surface area contributed by atoms with Crippen molar-refractivity contribution in [3.8, 4) is 5.75 Å². The van der Waals surface area contributed by atoms with Crippen LogP contribution in [0.5, 0.6) is 5.75 Å². The van der Waals surface area contributed by atoms with Crippen molar-refractivity contribution in [2.45, 2.75) is 17.4 Å². The zero-order valence-corrected chi connectivity index (χ0v) is 18.5. The van der Waals surface area contributed by atoms with E-state index in [0.29, 0.717) is 11.4 Å². The summed E-state index contributed by atoms with van der Waals surface area (Å²) >= 11 is 0. The maximum absolute atomic E-state index is 11.0. The van der Waals surface area contributed by atoms with E-state index in [-0.39, 0.29) is 6.10 Å². The molecule has 0 aliphatic carbocycles. The first-order valence-electron chi connectivity index (χ1n) is 11.1. The molecule has 1 fully saturated rings. The number of hydrogen-bond donors (Lipinski definition) is 2. The highest BCUT2D eigenvalue weighted by atomic mass is 32.3. The van der Waals surface area contributed by atoms with Gasteiger partial charge in [-0.15, -0.1) is 0 Å². The van der Waals surface area contributed by atoms with Crippen molar-refractivity contribution in [3.05, 3.63) is 78.9 Å². The normalized spacial score (nSPS) is 20.8. The Balaban J connectivity index is 1.15. The van der Waals surface area contributed by atoms with Gasteiger partial charge in [0.05, 0.1) is 17.1 Å². The molecule has 0 saturated carbocycles. The molecule has 1 unspecified atom stereocenters. The minimum absolute atomic E-state index is 0.139. The molecule has 1 atom stereocenters. The van der Waals surface area contributed by atoms with Crippen molar-refractivity contribution in [1.82, 2.24) is 4.90 Å². The van der Waals surface area contributed by atoms with Gasteiger partial charge in [0.1, 0.15) is 11.9 Å². The topological polar surface area (TPSA) is 56.2 Å². The Morgan fingerprint density at radius 1 is 0.844 bits per heavy atom. The zero-order valence-electron chi connectivity index (χ0n) is 17.7. The van der Waals surface area contributed by atoms with Crippen LogP contribution in [-0.2, 0) is 0 Å². The first kappa shape index (κ1) is 19.9. The average Bonchev–Trinajstić information content (AvgIpc) is 3.34. The number of hydrogen-bond acceptors (Lipinski definition) is 5. The summed E-state index contributed by atoms with van der Waals surface area (Å²) in [4.78, 5) is 3.00. The molecule has 2 heterocycles. The lowest BCUT2D eigenvalue weighted by Crippen LogP contribution is -2.35. The Labute approximate surface area is 189 Å². The molecule has 4 aromatic rings. The number of rotatable bonds is 5. The Hall–Kier alpha value is -2.77. The molecule has 1 saturated heterocycles. The summed E-state index contributed by atoms with van der Waals surface area (Å²) in [7, 11) is -3.00. The Kier molecular flexibility index (Phi) is 4.77. The standard InChI is InChI=1S/C26H26N2O3S/c29-32(30)25-13-5-9-20-8-3-11-23(26(20)25)28(32)17-16-27-15-14-21(18-27)31-24-12-4-7-19-6-1-2-10-22(19)24/h1-13,21,29-30H,14-18H2. The van der Waals surface area contributed by atoms with Gasteiger partial charge in [-0.25, -0.2) is 0 Å². The molecule has 0 spiro atoms. The summed E-state index contributed by atoms with van der Waals surface area (Å²) in [6.07, 6.45) is 1.11. The summed E-state index contributed by atoms with van der Waals surface area (Å²) in [5.74, 6) is 0.936. The second-order valence-electron chi connectivity index (χ2n) is 8.56. The number of ether oxygens (including phenoxy) is 1. The molecule has 2 aliphatic rings. The van der Waals surface area contributed by atoms with E-state index < -0.39 is 10.8 Å². The second-order valence-corrected chi connectivity index (χ2v) is 10.5. The van der Waals surface area contributed by atoms with Gasteiger partial charge >= 0.3 is 0 Å². The highest BCUT2D eigenvalue weighted by molar-refractivity contribution is 8.26. The Bertz CT molecular complexity index is 1300. The lowest BCUT2D eigenvalue weighted by molar-refractivity contribution is 0.204. The minimum atomic E-state index is -3.00. The van der Waals surface area contributed by atoms with Crippen molar-refractivity contribution >= 4 is 38.0 Å². The largest absolute Gasteiger partial charge is 0.488 e. The van der Waals surface area contributed by atoms with Crippen LogP contribution in [-0.4, -0.2) is 46.3 Å². The number of nitrogens with zero attached hydrogens (tertiary/aromatic N) is 2. The van der Waals surface area contributed by atoms with Gasteiger partial charge < -0.3 is 4.74 Å². The van der Waals surface area contributed by atoms with Crippen LogP contribution in [0, 0.1) is 0 Å². The molecule has 6 rings (SSSR count). The average molecular weight is 447 g/mol. The minimum Gasteiger partial charge on any atom is -0.488 e. The summed E-state index contributed by atoms with van der Waals surface area (Å²) in [6, 6.07) is 26.3. The van der Waals surface area contributed by atoms with Crippen molar-refractivity contribution in [1.29, 1.82) is 0 Å². The predicted octanol–water partition coefficient (Wildman–Crippen LogP) is 5.99. The highest BCUT2D eigenvalue weighted by Gasteiger charge is 2.36. The van der Waals surface area contributed by atoms with Crippen LogP contribution in [0.2, 0.25) is 0 Å². The van der Waals surface area contributed by atoms with E-state index in [4.69, 9.17) is 4.74 Å². The van der Waals surface area contributed by atoms with Crippen molar-refractivity contribution in [3.63, 3.8) is 0 Å². The summed E-state index contributed by atoms with van der Waals surface area (Å²) in [5.41, 5.74) is 0.917. The Morgan fingerprint density at radius 3 is 2.50 bits per heavy atom. The third-order valence-corrected chi connectivity index (χ3v) is 8.53. The zero-order chi connectivity index (χ0) is 21.7. The third kappa shape index (κ3) is 3.22. The molecule has 0 bridgehead atoms. The molecule has 5 nitrogen and oxygen atoms in total. The lowest BCUT2D eigenvalue weighted by Gasteiger charge is -2.40. The van der Waals surface area contributed by atoms with E-state index in [0.717, 1.165) is 53.7 Å². The molecule has 0 radical (unpaired) electrons. The van der Waals surface area contributed by atoms with Gasteiger partial charge in [-0.05, 0) is 35.4 Å². The van der Waals surface area contributed by atoms with Crippen molar-refractivity contribution < 1.29 is 13.8 Å². The van der Waals surface area contributed by atoms with Crippen molar-refractivity contribution in [2.24, 2.45) is 0 Å². The van der Waals surface area contributed by atoms with Crippen LogP contribution in [0.3, 0.4) is 0 Å². The molecule has 0 amide bonds. The molecule has 164 valence electrons. The van der Waals surface area contributed by atoms with Crippen LogP contribution >= 0.6 is 10.8 Å². The first-order valence-corrected chi connectivity index (χ1v) is 12.6. The van der Waals surface area contributed by atoms with Crippen LogP contribution in [0.4, 0.5) is 5.69 Å². The van der Waals surface area contributed by atoms with E-state index >= 15 is 0 Å². The SMILES string of the molecule is OS1(O)c2cccc3cccc(c23)N1CCN1CCC(Oc2cccc3ccccc23)C1. The molecular weight excluding hydrogens is 420 g/mol. The van der Waals surface area contributed by atoms with E-state index in [1.807, 2.05) is 60.7 Å².